The normalized spacial score (nSPS) is 24.8. The molecule has 1 aliphatic heterocycles. The number of hydrogen-bond acceptors (Lipinski definition) is 2. The predicted octanol–water partition coefficient (Wildman–Crippen LogP) is 2.26. The molecule has 3 rings (SSSR count). The molecular weight excluding hydrogens is 219 g/mol. The molecule has 1 aromatic rings. The third-order valence-electron chi connectivity index (χ3n) is 4.72. The maximum absolute atomic E-state index is 13.0. The summed E-state index contributed by atoms with van der Waals surface area (Å²) in [5.41, 5.74) is 0.982. The fourth-order valence-electron chi connectivity index (χ4n) is 3.25. The van der Waals surface area contributed by atoms with Crippen LogP contribution in [0.3, 0.4) is 0 Å². The lowest BCUT2D eigenvalue weighted by atomic mass is 9.50. The molecule has 0 unspecified atom stereocenters. The fourth-order valence-corrected chi connectivity index (χ4v) is 3.25. The number of hydrogen-bond donors (Lipinski definition) is 1. The van der Waals surface area contributed by atoms with Crippen molar-refractivity contribution in [3.05, 3.63) is 35.6 Å². The molecular formula is C14H17FO2. The first-order valence-electron chi connectivity index (χ1n) is 6.17. The summed E-state index contributed by atoms with van der Waals surface area (Å²) in [6.07, 6.45) is 3.26. The van der Waals surface area contributed by atoms with Gasteiger partial charge in [-0.05, 0) is 30.5 Å². The van der Waals surface area contributed by atoms with Gasteiger partial charge in [0.05, 0.1) is 13.2 Å². The van der Waals surface area contributed by atoms with Gasteiger partial charge in [-0.2, -0.15) is 0 Å². The predicted molar refractivity (Wildman–Crippen MR) is 62.3 cm³/mol. The quantitative estimate of drug-likeness (QED) is 0.872. The van der Waals surface area contributed by atoms with E-state index in [9.17, 15) is 9.50 Å². The van der Waals surface area contributed by atoms with Gasteiger partial charge in [0.15, 0.2) is 0 Å². The molecule has 3 heteroatoms. The summed E-state index contributed by atoms with van der Waals surface area (Å²) >= 11 is 0. The highest BCUT2D eigenvalue weighted by atomic mass is 19.1. The van der Waals surface area contributed by atoms with Gasteiger partial charge in [0.1, 0.15) is 5.82 Å². The van der Waals surface area contributed by atoms with Crippen molar-refractivity contribution in [3.8, 4) is 0 Å². The van der Waals surface area contributed by atoms with Crippen LogP contribution >= 0.6 is 0 Å². The van der Waals surface area contributed by atoms with E-state index in [1.54, 1.807) is 0 Å². The molecule has 2 nitrogen and oxygen atoms in total. The molecule has 0 radical (unpaired) electrons. The van der Waals surface area contributed by atoms with Gasteiger partial charge in [0.2, 0.25) is 0 Å². The second kappa shape index (κ2) is 3.79. The van der Waals surface area contributed by atoms with Crippen LogP contribution in [0.25, 0.3) is 0 Å². The molecule has 0 spiro atoms. The molecule has 1 saturated heterocycles. The first-order valence-corrected chi connectivity index (χ1v) is 6.17. The van der Waals surface area contributed by atoms with Crippen molar-refractivity contribution in [1.82, 2.24) is 0 Å². The zero-order chi connectivity index (χ0) is 11.9. The molecule has 1 aliphatic carbocycles. The van der Waals surface area contributed by atoms with E-state index in [1.165, 1.54) is 18.6 Å². The molecule has 92 valence electrons. The smallest absolute Gasteiger partial charge is 0.123 e. The van der Waals surface area contributed by atoms with Crippen molar-refractivity contribution in [2.45, 2.75) is 24.7 Å². The highest BCUT2D eigenvalue weighted by molar-refractivity contribution is 5.33. The van der Waals surface area contributed by atoms with E-state index in [1.807, 2.05) is 12.1 Å². The van der Waals surface area contributed by atoms with Gasteiger partial charge in [0.25, 0.3) is 0 Å². The Labute approximate surface area is 100 Å². The summed E-state index contributed by atoms with van der Waals surface area (Å²) in [6.45, 7) is 1.51. The van der Waals surface area contributed by atoms with E-state index in [2.05, 4.69) is 0 Å². The molecule has 2 aliphatic rings. The van der Waals surface area contributed by atoms with Crippen molar-refractivity contribution < 1.29 is 14.2 Å². The van der Waals surface area contributed by atoms with Crippen molar-refractivity contribution in [1.29, 1.82) is 0 Å². The topological polar surface area (TPSA) is 29.5 Å². The molecule has 0 aromatic heterocycles. The lowest BCUT2D eigenvalue weighted by Gasteiger charge is -2.59. The van der Waals surface area contributed by atoms with Crippen molar-refractivity contribution >= 4 is 0 Å². The van der Waals surface area contributed by atoms with Crippen LogP contribution in [0.15, 0.2) is 24.3 Å². The van der Waals surface area contributed by atoms with Gasteiger partial charge >= 0.3 is 0 Å². The highest BCUT2D eigenvalue weighted by Gasteiger charge is 2.59. The maximum Gasteiger partial charge on any atom is 0.123 e. The van der Waals surface area contributed by atoms with E-state index in [-0.39, 0.29) is 23.3 Å². The molecule has 0 amide bonds. The van der Waals surface area contributed by atoms with E-state index in [4.69, 9.17) is 4.74 Å². The van der Waals surface area contributed by atoms with Crippen LogP contribution in [0.1, 0.15) is 24.8 Å². The van der Waals surface area contributed by atoms with Crippen LogP contribution in [0.5, 0.6) is 0 Å². The average molecular weight is 236 g/mol. The van der Waals surface area contributed by atoms with E-state index in [0.717, 1.165) is 18.4 Å². The Morgan fingerprint density at radius 3 is 2.18 bits per heavy atom. The first kappa shape index (κ1) is 11.2. The van der Waals surface area contributed by atoms with Crippen molar-refractivity contribution in [2.75, 3.05) is 19.8 Å². The first-order chi connectivity index (χ1) is 8.22. The molecule has 1 heterocycles. The Balaban J connectivity index is 1.99. The standard InChI is InChI=1S/C14H17FO2/c15-12-4-2-11(3-5-12)14(9-17-10-14)13(8-16)6-1-7-13/h2-5,16H,1,6-10H2. The number of halogens is 1. The molecule has 0 atom stereocenters. The Kier molecular flexibility index (Phi) is 2.49. The van der Waals surface area contributed by atoms with E-state index < -0.39 is 0 Å². The van der Waals surface area contributed by atoms with Crippen LogP contribution in [-0.4, -0.2) is 24.9 Å². The number of rotatable bonds is 3. The zero-order valence-corrected chi connectivity index (χ0v) is 9.79. The number of aliphatic hydroxyl groups excluding tert-OH is 1. The third kappa shape index (κ3) is 1.39. The van der Waals surface area contributed by atoms with Gasteiger partial charge in [-0.3, -0.25) is 0 Å². The Morgan fingerprint density at radius 1 is 1.18 bits per heavy atom. The Hall–Kier alpha value is -0.930. The van der Waals surface area contributed by atoms with Crippen LogP contribution in [-0.2, 0) is 10.2 Å². The summed E-state index contributed by atoms with van der Waals surface area (Å²) in [5.74, 6) is -0.212. The number of aliphatic hydroxyl groups is 1. The Bertz CT molecular complexity index is 399. The van der Waals surface area contributed by atoms with Gasteiger partial charge in [-0.15, -0.1) is 0 Å². The number of ether oxygens (including phenoxy) is 1. The van der Waals surface area contributed by atoms with Crippen molar-refractivity contribution in [3.63, 3.8) is 0 Å². The summed E-state index contributed by atoms with van der Waals surface area (Å²) < 4.78 is 18.4. The lowest BCUT2D eigenvalue weighted by Crippen LogP contribution is -2.63. The summed E-state index contributed by atoms with van der Waals surface area (Å²) in [4.78, 5) is 0. The fraction of sp³-hybridized carbons (Fsp3) is 0.571. The minimum atomic E-state index is -0.212. The van der Waals surface area contributed by atoms with Gasteiger partial charge in [0, 0.05) is 17.4 Å². The van der Waals surface area contributed by atoms with Gasteiger partial charge in [-0.25, -0.2) is 4.39 Å². The maximum atomic E-state index is 13.0. The second-order valence-corrected chi connectivity index (χ2v) is 5.37. The van der Waals surface area contributed by atoms with Crippen molar-refractivity contribution in [2.24, 2.45) is 5.41 Å². The van der Waals surface area contributed by atoms with Gasteiger partial charge in [-0.1, -0.05) is 18.6 Å². The van der Waals surface area contributed by atoms with Gasteiger partial charge < -0.3 is 9.84 Å². The van der Waals surface area contributed by atoms with Crippen LogP contribution in [0.2, 0.25) is 0 Å². The minimum absolute atomic E-state index is 0.0386. The molecule has 1 saturated carbocycles. The van der Waals surface area contributed by atoms with Crippen LogP contribution in [0, 0.1) is 11.2 Å². The molecule has 17 heavy (non-hydrogen) atoms. The number of benzene rings is 1. The van der Waals surface area contributed by atoms with Crippen LogP contribution in [0.4, 0.5) is 4.39 Å². The van der Waals surface area contributed by atoms with E-state index in [0.29, 0.717) is 13.2 Å². The third-order valence-corrected chi connectivity index (χ3v) is 4.72. The monoisotopic (exact) mass is 236 g/mol. The molecule has 1 N–H and O–H groups in total. The molecule has 2 fully saturated rings. The minimum Gasteiger partial charge on any atom is -0.396 e. The van der Waals surface area contributed by atoms with Crippen LogP contribution < -0.4 is 0 Å². The Morgan fingerprint density at radius 2 is 1.82 bits per heavy atom. The molecule has 1 aromatic carbocycles. The van der Waals surface area contributed by atoms with E-state index >= 15 is 0 Å². The zero-order valence-electron chi connectivity index (χ0n) is 9.79. The average Bonchev–Trinajstić information content (AvgIpc) is 2.22. The summed E-state index contributed by atoms with van der Waals surface area (Å²) in [6, 6.07) is 6.68. The summed E-state index contributed by atoms with van der Waals surface area (Å²) in [7, 11) is 0. The second-order valence-electron chi connectivity index (χ2n) is 5.37. The largest absolute Gasteiger partial charge is 0.396 e. The summed E-state index contributed by atoms with van der Waals surface area (Å²) in [5, 5.41) is 9.72. The highest BCUT2D eigenvalue weighted by Crippen LogP contribution is 2.58. The SMILES string of the molecule is OCC1(C2(c3ccc(F)cc3)COC2)CCC1. The molecule has 0 bridgehead atoms. The lowest BCUT2D eigenvalue weighted by molar-refractivity contribution is -0.173.